The SMILES string of the molecule is O=C1OC(=O)C1(CCOC1OC(CO)C(O)C(O)C1O)Cc1cc2c3c(ccc(O)c3c(=O)c1)C1CC(=C2)C(O)(O)C1O. The fraction of sp³-hybridized carbons (Fsp3) is 0.483. The monoisotopic (exact) mass is 602 g/mol. The number of cyclic esters (lactones) is 2. The minimum Gasteiger partial charge on any atom is -0.507 e. The van der Waals surface area contributed by atoms with Crippen molar-refractivity contribution in [3.63, 3.8) is 0 Å². The number of aliphatic hydroxyl groups is 7. The summed E-state index contributed by atoms with van der Waals surface area (Å²) >= 11 is 0. The lowest BCUT2D eigenvalue weighted by atomic mass is 9.75. The van der Waals surface area contributed by atoms with Crippen LogP contribution in [0, 0.1) is 5.41 Å². The van der Waals surface area contributed by atoms with E-state index in [9.17, 15) is 55.2 Å². The number of esters is 2. The summed E-state index contributed by atoms with van der Waals surface area (Å²) in [5.41, 5.74) is -1.50. The van der Waals surface area contributed by atoms with Gasteiger partial charge >= 0.3 is 11.9 Å². The number of carbonyl (C=O) groups is 2. The summed E-state index contributed by atoms with van der Waals surface area (Å²) in [6.45, 7) is -1.06. The molecule has 230 valence electrons. The number of hydrogen-bond acceptors (Lipinski definition) is 14. The third-order valence-corrected chi connectivity index (χ3v) is 8.98. The highest BCUT2D eigenvalue weighted by Crippen LogP contribution is 2.50. The number of fused-ring (bicyclic) bond motifs is 3. The first-order valence-corrected chi connectivity index (χ1v) is 13.7. The first kappa shape index (κ1) is 29.7. The molecular formula is C29H30O14. The second-order valence-electron chi connectivity index (χ2n) is 11.5. The van der Waals surface area contributed by atoms with Gasteiger partial charge in [-0.1, -0.05) is 12.1 Å². The fourth-order valence-electron chi connectivity index (χ4n) is 6.51. The van der Waals surface area contributed by atoms with Crippen molar-refractivity contribution in [2.75, 3.05) is 13.2 Å². The van der Waals surface area contributed by atoms with Crippen molar-refractivity contribution in [3.05, 3.63) is 56.8 Å². The molecule has 43 heavy (non-hydrogen) atoms. The van der Waals surface area contributed by atoms with E-state index in [0.29, 0.717) is 11.1 Å². The Balaban J connectivity index is 1.35. The molecule has 0 aromatic heterocycles. The van der Waals surface area contributed by atoms with Crippen LogP contribution in [0.5, 0.6) is 5.75 Å². The summed E-state index contributed by atoms with van der Waals surface area (Å²) in [5.74, 6) is -5.49. The van der Waals surface area contributed by atoms with Gasteiger partial charge in [0, 0.05) is 11.3 Å². The highest BCUT2D eigenvalue weighted by molar-refractivity contribution is 6.14. The van der Waals surface area contributed by atoms with E-state index in [2.05, 4.69) is 4.74 Å². The normalized spacial score (nSPS) is 32.2. The molecule has 14 heteroatoms. The summed E-state index contributed by atoms with van der Waals surface area (Å²) in [7, 11) is 0. The van der Waals surface area contributed by atoms with Gasteiger partial charge in [-0.25, -0.2) is 0 Å². The summed E-state index contributed by atoms with van der Waals surface area (Å²) in [6, 6.07) is 5.41. The second-order valence-corrected chi connectivity index (χ2v) is 11.5. The zero-order valence-electron chi connectivity index (χ0n) is 22.5. The number of phenolic OH excluding ortho intramolecular Hbond substituents is 1. The van der Waals surface area contributed by atoms with E-state index in [1.54, 1.807) is 0 Å². The van der Waals surface area contributed by atoms with Crippen LogP contribution >= 0.6 is 0 Å². The Kier molecular flexibility index (Phi) is 7.20. The first-order chi connectivity index (χ1) is 20.3. The van der Waals surface area contributed by atoms with E-state index in [4.69, 9.17) is 9.47 Å². The molecule has 6 rings (SSSR count). The van der Waals surface area contributed by atoms with Gasteiger partial charge in [-0.2, -0.15) is 0 Å². The second kappa shape index (κ2) is 10.4. The molecule has 7 unspecified atom stereocenters. The molecule has 0 spiro atoms. The minimum absolute atomic E-state index is 0.0694. The lowest BCUT2D eigenvalue weighted by Gasteiger charge is -2.40. The van der Waals surface area contributed by atoms with Gasteiger partial charge in [0.15, 0.2) is 17.1 Å². The molecule has 2 aromatic carbocycles. The Bertz CT molecular complexity index is 1580. The maximum Gasteiger partial charge on any atom is 0.331 e. The van der Waals surface area contributed by atoms with Gasteiger partial charge in [0.1, 0.15) is 36.3 Å². The zero-order chi connectivity index (χ0) is 31.0. The number of rotatable bonds is 7. The Morgan fingerprint density at radius 3 is 2.35 bits per heavy atom. The van der Waals surface area contributed by atoms with E-state index < -0.39 is 77.9 Å². The van der Waals surface area contributed by atoms with Crippen molar-refractivity contribution in [2.24, 2.45) is 5.41 Å². The average Bonchev–Trinajstić information content (AvgIpc) is 3.08. The van der Waals surface area contributed by atoms with Crippen LogP contribution in [0.3, 0.4) is 0 Å². The van der Waals surface area contributed by atoms with Crippen molar-refractivity contribution in [1.82, 2.24) is 0 Å². The number of phenols is 1. The lowest BCUT2D eigenvalue weighted by molar-refractivity contribution is -0.302. The Labute approximate surface area is 242 Å². The van der Waals surface area contributed by atoms with Gasteiger partial charge in [0.2, 0.25) is 5.79 Å². The smallest absolute Gasteiger partial charge is 0.331 e. The summed E-state index contributed by atoms with van der Waals surface area (Å²) in [4.78, 5) is 38.9. The molecule has 1 saturated carbocycles. The number of aliphatic hydroxyl groups excluding tert-OH is 5. The van der Waals surface area contributed by atoms with E-state index in [1.807, 2.05) is 0 Å². The van der Waals surface area contributed by atoms with Crippen molar-refractivity contribution in [3.8, 4) is 5.75 Å². The number of ether oxygens (including phenoxy) is 3. The number of aromatic hydroxyl groups is 1. The molecule has 14 nitrogen and oxygen atoms in total. The third kappa shape index (κ3) is 4.49. The van der Waals surface area contributed by atoms with Crippen LogP contribution in [0.15, 0.2) is 34.6 Å². The highest BCUT2D eigenvalue weighted by Gasteiger charge is 2.58. The van der Waals surface area contributed by atoms with E-state index in [0.717, 1.165) is 6.07 Å². The number of hydrogen-bond donors (Lipinski definition) is 8. The van der Waals surface area contributed by atoms with Crippen molar-refractivity contribution in [1.29, 1.82) is 0 Å². The van der Waals surface area contributed by atoms with Crippen LogP contribution in [0.4, 0.5) is 0 Å². The van der Waals surface area contributed by atoms with Crippen LogP contribution < -0.4 is 5.43 Å². The highest BCUT2D eigenvalue weighted by atomic mass is 16.7. The largest absolute Gasteiger partial charge is 0.507 e. The molecule has 7 atom stereocenters. The standard InChI is InChI=1S/C29H30O14/c30-10-18-21(33)22(34)23(35)25(42-18)41-4-3-28(26(37)43-27(28)38)9-11-5-12-7-13-8-15(24(36)29(13,39)40)14-1-2-16(31)20(19(12)14)17(32)6-11/h1-2,5-7,15,18,21-25,30-31,33-36,39-40H,3-4,8-10H2. The molecule has 2 aromatic rings. The molecule has 3 fully saturated rings. The molecular weight excluding hydrogens is 572 g/mol. The predicted molar refractivity (Wildman–Crippen MR) is 142 cm³/mol. The summed E-state index contributed by atoms with van der Waals surface area (Å²) in [6.07, 6.45) is -8.50. The molecule has 0 radical (unpaired) electrons. The Morgan fingerprint density at radius 2 is 1.67 bits per heavy atom. The quantitative estimate of drug-likeness (QED) is 0.0941. The Hall–Kier alpha value is -3.31. The van der Waals surface area contributed by atoms with Crippen LogP contribution in [-0.2, 0) is 30.2 Å². The average molecular weight is 603 g/mol. The zero-order valence-corrected chi connectivity index (χ0v) is 22.5. The van der Waals surface area contributed by atoms with Gasteiger partial charge in [-0.3, -0.25) is 14.4 Å². The molecule has 2 bridgehead atoms. The third-order valence-electron chi connectivity index (χ3n) is 8.98. The molecule has 0 amide bonds. The molecule has 8 N–H and O–H groups in total. The van der Waals surface area contributed by atoms with E-state index in [-0.39, 0.29) is 53.5 Å². The number of benzene rings is 1. The molecule has 2 saturated heterocycles. The predicted octanol–water partition coefficient (Wildman–Crippen LogP) is -2.35. The molecule has 4 aliphatic rings. The van der Waals surface area contributed by atoms with Gasteiger partial charge in [0.25, 0.3) is 0 Å². The van der Waals surface area contributed by atoms with Crippen LogP contribution in [0.25, 0.3) is 16.8 Å². The van der Waals surface area contributed by atoms with Gasteiger partial charge < -0.3 is 55.1 Å². The summed E-state index contributed by atoms with van der Waals surface area (Å²) < 4.78 is 15.4. The topological polar surface area (TPSA) is 241 Å². The Morgan fingerprint density at radius 1 is 0.953 bits per heavy atom. The number of carbonyl (C=O) groups excluding carboxylic acids is 2. The molecule has 2 aliphatic carbocycles. The molecule has 2 aliphatic heterocycles. The van der Waals surface area contributed by atoms with Gasteiger partial charge in [-0.05, 0) is 59.7 Å². The fourth-order valence-corrected chi connectivity index (χ4v) is 6.51. The van der Waals surface area contributed by atoms with Crippen molar-refractivity contribution >= 4 is 28.8 Å². The van der Waals surface area contributed by atoms with Gasteiger partial charge in [0.05, 0.1) is 18.6 Å². The van der Waals surface area contributed by atoms with E-state index in [1.165, 1.54) is 24.3 Å². The lowest BCUT2D eigenvalue weighted by Crippen LogP contribution is -2.59. The maximum atomic E-state index is 13.4. The van der Waals surface area contributed by atoms with Crippen LogP contribution in [0.2, 0.25) is 0 Å². The van der Waals surface area contributed by atoms with Crippen LogP contribution in [-0.4, -0.2) is 109 Å². The van der Waals surface area contributed by atoms with Crippen molar-refractivity contribution < 1.29 is 64.7 Å². The van der Waals surface area contributed by atoms with Gasteiger partial charge in [-0.15, -0.1) is 0 Å². The molecule has 2 heterocycles. The van der Waals surface area contributed by atoms with Crippen LogP contribution in [0.1, 0.15) is 35.4 Å². The minimum atomic E-state index is -2.54. The first-order valence-electron chi connectivity index (χ1n) is 13.7. The summed E-state index contributed by atoms with van der Waals surface area (Å²) in [5, 5.41) is 82.3. The maximum absolute atomic E-state index is 13.4. The van der Waals surface area contributed by atoms with E-state index >= 15 is 0 Å². The van der Waals surface area contributed by atoms with Crippen molar-refractivity contribution in [2.45, 2.75) is 67.8 Å².